The Kier molecular flexibility index (Phi) is 4.88. The Morgan fingerprint density at radius 3 is 2.38 bits per heavy atom. The lowest BCUT2D eigenvalue weighted by molar-refractivity contribution is -0.183. The van der Waals surface area contributed by atoms with Crippen molar-refractivity contribution >= 4 is 21.6 Å². The number of halogens is 4. The Morgan fingerprint density at radius 1 is 1.29 bits per heavy atom. The number of alkyl halides is 3. The molecule has 1 aliphatic carbocycles. The van der Waals surface area contributed by atoms with E-state index < -0.39 is 17.6 Å². The number of nitrogens with two attached hydrogens (primary N) is 1. The third-order valence-electron chi connectivity index (χ3n) is 4.25. The first-order valence-corrected chi connectivity index (χ1v) is 7.86. The molecule has 0 unspecified atom stereocenters. The number of benzene rings is 1. The first-order valence-electron chi connectivity index (χ1n) is 7.06. The fourth-order valence-electron chi connectivity index (χ4n) is 2.99. The molecule has 1 fully saturated rings. The molecule has 0 radical (unpaired) electrons. The summed E-state index contributed by atoms with van der Waals surface area (Å²) >= 11 is 3.43. The predicted molar refractivity (Wildman–Crippen MR) is 82.3 cm³/mol. The van der Waals surface area contributed by atoms with Crippen LogP contribution in [0.4, 0.5) is 18.9 Å². The summed E-state index contributed by atoms with van der Waals surface area (Å²) in [5.74, 6) is -1.19. The zero-order chi connectivity index (χ0) is 15.7. The van der Waals surface area contributed by atoms with E-state index in [1.807, 2.05) is 25.1 Å². The third-order valence-corrected chi connectivity index (χ3v) is 4.71. The minimum atomic E-state index is -4.09. The van der Waals surface area contributed by atoms with Gasteiger partial charge in [-0.3, -0.25) is 0 Å². The van der Waals surface area contributed by atoms with E-state index in [0.29, 0.717) is 19.4 Å². The summed E-state index contributed by atoms with van der Waals surface area (Å²) in [5, 5.41) is 3.38. The van der Waals surface area contributed by atoms with E-state index in [0.717, 1.165) is 15.7 Å². The van der Waals surface area contributed by atoms with Crippen molar-refractivity contribution in [1.82, 2.24) is 0 Å². The Balaban J connectivity index is 2.10. The molecule has 0 aliphatic heterocycles. The van der Waals surface area contributed by atoms with Crippen LogP contribution in [0.25, 0.3) is 0 Å². The summed E-state index contributed by atoms with van der Waals surface area (Å²) in [6.07, 6.45) is -2.92. The standard InChI is InChI=1S/C15H20BrF3N2/c1-10-6-12(16)8-13(7-10)21-14(9-20)4-2-11(3-5-14)15(17,18)19/h6-8,11,21H,2-5,9,20H2,1H3. The highest BCUT2D eigenvalue weighted by Crippen LogP contribution is 2.42. The lowest BCUT2D eigenvalue weighted by atomic mass is 9.76. The van der Waals surface area contributed by atoms with Crippen LogP contribution in [0.2, 0.25) is 0 Å². The summed E-state index contributed by atoms with van der Waals surface area (Å²) in [4.78, 5) is 0. The Labute approximate surface area is 131 Å². The summed E-state index contributed by atoms with van der Waals surface area (Å²) in [6.45, 7) is 2.31. The Hall–Kier alpha value is -0.750. The van der Waals surface area contributed by atoms with Crippen LogP contribution in [0.1, 0.15) is 31.2 Å². The number of hydrogen-bond acceptors (Lipinski definition) is 2. The lowest BCUT2D eigenvalue weighted by Gasteiger charge is -2.41. The quantitative estimate of drug-likeness (QED) is 0.820. The van der Waals surface area contributed by atoms with Gasteiger partial charge in [-0.1, -0.05) is 15.9 Å². The molecule has 0 bridgehead atoms. The van der Waals surface area contributed by atoms with Crippen molar-refractivity contribution in [2.75, 3.05) is 11.9 Å². The minimum Gasteiger partial charge on any atom is -0.378 e. The molecule has 1 aromatic carbocycles. The molecule has 1 aromatic rings. The molecular weight excluding hydrogens is 345 g/mol. The Bertz CT molecular complexity index is 474. The normalized spacial score (nSPS) is 26.7. The van der Waals surface area contributed by atoms with Crippen molar-refractivity contribution < 1.29 is 13.2 Å². The molecule has 0 amide bonds. The van der Waals surface area contributed by atoms with Gasteiger partial charge in [0.25, 0.3) is 0 Å². The van der Waals surface area contributed by atoms with Crippen molar-refractivity contribution in [1.29, 1.82) is 0 Å². The predicted octanol–water partition coefficient (Wildman–Crippen LogP) is 4.62. The average Bonchev–Trinajstić information content (AvgIpc) is 2.37. The van der Waals surface area contributed by atoms with E-state index in [2.05, 4.69) is 21.2 Å². The first-order chi connectivity index (χ1) is 9.74. The van der Waals surface area contributed by atoms with E-state index in [4.69, 9.17) is 5.73 Å². The highest BCUT2D eigenvalue weighted by atomic mass is 79.9. The second kappa shape index (κ2) is 6.16. The molecule has 2 rings (SSSR count). The maximum Gasteiger partial charge on any atom is 0.391 e. The molecule has 21 heavy (non-hydrogen) atoms. The maximum absolute atomic E-state index is 12.8. The van der Waals surface area contributed by atoms with Gasteiger partial charge in [0.15, 0.2) is 0 Å². The van der Waals surface area contributed by atoms with Gasteiger partial charge in [0.1, 0.15) is 0 Å². The smallest absolute Gasteiger partial charge is 0.378 e. The van der Waals surface area contributed by atoms with E-state index >= 15 is 0 Å². The molecule has 118 valence electrons. The van der Waals surface area contributed by atoms with Crippen LogP contribution < -0.4 is 11.1 Å². The summed E-state index contributed by atoms with van der Waals surface area (Å²) < 4.78 is 39.3. The number of rotatable bonds is 3. The van der Waals surface area contributed by atoms with Crippen LogP contribution in [0.3, 0.4) is 0 Å². The van der Waals surface area contributed by atoms with Crippen molar-refractivity contribution in [3.05, 3.63) is 28.2 Å². The molecule has 6 heteroatoms. The summed E-state index contributed by atoms with van der Waals surface area (Å²) in [5.41, 5.74) is 7.41. The van der Waals surface area contributed by atoms with E-state index in [9.17, 15) is 13.2 Å². The molecule has 1 aliphatic rings. The topological polar surface area (TPSA) is 38.0 Å². The van der Waals surface area contributed by atoms with Crippen molar-refractivity contribution in [2.24, 2.45) is 11.7 Å². The van der Waals surface area contributed by atoms with Crippen LogP contribution in [0.5, 0.6) is 0 Å². The molecule has 0 aromatic heterocycles. The van der Waals surface area contributed by atoms with Crippen molar-refractivity contribution in [3.63, 3.8) is 0 Å². The largest absolute Gasteiger partial charge is 0.391 e. The third kappa shape index (κ3) is 4.13. The highest BCUT2D eigenvalue weighted by Gasteiger charge is 2.45. The molecule has 1 saturated carbocycles. The van der Waals surface area contributed by atoms with Crippen LogP contribution >= 0.6 is 15.9 Å². The number of hydrogen-bond donors (Lipinski definition) is 2. The zero-order valence-corrected chi connectivity index (χ0v) is 13.5. The van der Waals surface area contributed by atoms with E-state index in [1.54, 1.807) is 0 Å². The molecule has 0 heterocycles. The fraction of sp³-hybridized carbons (Fsp3) is 0.600. The highest BCUT2D eigenvalue weighted by molar-refractivity contribution is 9.10. The summed E-state index contributed by atoms with van der Waals surface area (Å²) in [7, 11) is 0. The van der Waals surface area contributed by atoms with Crippen LogP contribution in [-0.4, -0.2) is 18.3 Å². The molecule has 0 spiro atoms. The second-order valence-corrected chi connectivity index (χ2v) is 6.86. The van der Waals surface area contributed by atoms with Gasteiger partial charge >= 0.3 is 6.18 Å². The van der Waals surface area contributed by atoms with Crippen LogP contribution in [0, 0.1) is 12.8 Å². The van der Waals surface area contributed by atoms with Gasteiger partial charge in [-0.05, 0) is 56.4 Å². The van der Waals surface area contributed by atoms with Crippen LogP contribution in [0.15, 0.2) is 22.7 Å². The SMILES string of the molecule is Cc1cc(Br)cc(NC2(CN)CCC(C(F)(F)F)CC2)c1. The van der Waals surface area contributed by atoms with Gasteiger partial charge in [-0.25, -0.2) is 0 Å². The molecule has 0 saturated heterocycles. The Morgan fingerprint density at radius 2 is 1.90 bits per heavy atom. The van der Waals surface area contributed by atoms with Gasteiger partial charge in [-0.15, -0.1) is 0 Å². The fourth-order valence-corrected chi connectivity index (χ4v) is 3.60. The zero-order valence-electron chi connectivity index (χ0n) is 11.9. The first kappa shape index (κ1) is 16.6. The number of anilines is 1. The second-order valence-electron chi connectivity index (χ2n) is 5.94. The van der Waals surface area contributed by atoms with Crippen molar-refractivity contribution in [2.45, 2.75) is 44.3 Å². The minimum absolute atomic E-state index is 0.140. The van der Waals surface area contributed by atoms with Crippen molar-refractivity contribution in [3.8, 4) is 0 Å². The summed E-state index contributed by atoms with van der Waals surface area (Å²) in [6, 6.07) is 5.90. The maximum atomic E-state index is 12.8. The molecule has 3 N–H and O–H groups in total. The molecule has 2 nitrogen and oxygen atoms in total. The van der Waals surface area contributed by atoms with Gasteiger partial charge in [0, 0.05) is 22.2 Å². The van der Waals surface area contributed by atoms with Gasteiger partial charge in [0.2, 0.25) is 0 Å². The number of nitrogens with one attached hydrogen (secondary N) is 1. The van der Waals surface area contributed by atoms with Crippen LogP contribution in [-0.2, 0) is 0 Å². The molecule has 0 atom stereocenters. The van der Waals surface area contributed by atoms with E-state index in [1.165, 1.54) is 0 Å². The average molecular weight is 365 g/mol. The monoisotopic (exact) mass is 364 g/mol. The van der Waals surface area contributed by atoms with Gasteiger partial charge in [-0.2, -0.15) is 13.2 Å². The molecular formula is C15H20BrF3N2. The lowest BCUT2D eigenvalue weighted by Crippen LogP contribution is -2.49. The van der Waals surface area contributed by atoms with E-state index in [-0.39, 0.29) is 12.8 Å². The van der Waals surface area contributed by atoms with Gasteiger partial charge < -0.3 is 11.1 Å². The van der Waals surface area contributed by atoms with Gasteiger partial charge in [0.05, 0.1) is 5.92 Å². The number of aryl methyl sites for hydroxylation is 1.